The van der Waals surface area contributed by atoms with Crippen molar-refractivity contribution in [3.63, 3.8) is 0 Å². The van der Waals surface area contributed by atoms with Gasteiger partial charge in [0.2, 0.25) is 0 Å². The van der Waals surface area contributed by atoms with Gasteiger partial charge in [-0.25, -0.2) is 12.8 Å². The summed E-state index contributed by atoms with van der Waals surface area (Å²) in [6.45, 7) is 0.432. The van der Waals surface area contributed by atoms with Gasteiger partial charge in [0.15, 0.2) is 0 Å². The first-order chi connectivity index (χ1) is 14.3. The van der Waals surface area contributed by atoms with E-state index in [0.717, 1.165) is 5.56 Å². The van der Waals surface area contributed by atoms with Gasteiger partial charge < -0.3 is 14.4 Å². The van der Waals surface area contributed by atoms with Gasteiger partial charge in [-0.05, 0) is 44.8 Å². The van der Waals surface area contributed by atoms with Crippen LogP contribution in [0.15, 0.2) is 53.4 Å². The van der Waals surface area contributed by atoms with Crippen LogP contribution in [0.3, 0.4) is 0 Å². The molecule has 0 aromatic heterocycles. The van der Waals surface area contributed by atoms with Crippen LogP contribution in [-0.2, 0) is 16.4 Å². The first-order valence-corrected chi connectivity index (χ1v) is 11.0. The molecule has 4 rings (SSSR count). The summed E-state index contributed by atoms with van der Waals surface area (Å²) in [6.07, 6.45) is 0.667. The molecule has 0 saturated heterocycles. The minimum atomic E-state index is -3.99. The van der Waals surface area contributed by atoms with Crippen molar-refractivity contribution in [2.45, 2.75) is 17.4 Å². The maximum atomic E-state index is 14.1. The van der Waals surface area contributed by atoms with E-state index in [9.17, 15) is 12.8 Å². The summed E-state index contributed by atoms with van der Waals surface area (Å²) in [7, 11) is 1.53. The van der Waals surface area contributed by atoms with Gasteiger partial charge in [-0.15, -0.1) is 0 Å². The number of benzene rings is 3. The van der Waals surface area contributed by atoms with Crippen LogP contribution in [-0.4, -0.2) is 47.2 Å². The van der Waals surface area contributed by atoms with E-state index in [1.807, 2.05) is 14.1 Å². The number of methoxy groups -OCH3 is 1. The lowest BCUT2D eigenvalue weighted by atomic mass is 10.00. The highest BCUT2D eigenvalue weighted by molar-refractivity contribution is 7.93. The van der Waals surface area contributed by atoms with Crippen LogP contribution in [0.25, 0.3) is 10.8 Å². The minimum Gasteiger partial charge on any atom is -0.496 e. The zero-order valence-corrected chi connectivity index (χ0v) is 17.8. The van der Waals surface area contributed by atoms with Crippen LogP contribution in [0.5, 0.6) is 11.5 Å². The summed E-state index contributed by atoms with van der Waals surface area (Å²) in [4.78, 5) is 2.06. The second-order valence-corrected chi connectivity index (χ2v) is 9.10. The van der Waals surface area contributed by atoms with Gasteiger partial charge in [0, 0.05) is 22.4 Å². The van der Waals surface area contributed by atoms with Gasteiger partial charge in [-0.1, -0.05) is 24.3 Å². The van der Waals surface area contributed by atoms with Crippen LogP contribution in [0.4, 0.5) is 10.1 Å². The van der Waals surface area contributed by atoms with Crippen LogP contribution in [0.1, 0.15) is 5.56 Å². The summed E-state index contributed by atoms with van der Waals surface area (Å²) in [5.41, 5.74) is 1.14. The number of ether oxygens (including phenoxy) is 2. The maximum Gasteiger partial charge on any atom is 0.262 e. The zero-order valence-electron chi connectivity index (χ0n) is 17.0. The molecule has 0 spiro atoms. The Morgan fingerprint density at radius 1 is 1.10 bits per heavy atom. The van der Waals surface area contributed by atoms with Crippen LogP contribution in [0.2, 0.25) is 0 Å². The van der Waals surface area contributed by atoms with Gasteiger partial charge in [0.05, 0.1) is 17.7 Å². The standard InChI is InChI=1S/C22H23FN2O4S/c1-25(2)14-12-17-20(28-3)10-9-19(22(17)29-13-14)24-30(26,27)21-11-8-18(23)15-6-4-5-7-16(15)21/h4-11,14,24H,12-13H2,1-3H3/t14-/m1/s1. The number of likely N-dealkylation sites (N-methyl/N-ethyl adjacent to an activating group) is 1. The molecule has 30 heavy (non-hydrogen) atoms. The predicted octanol–water partition coefficient (Wildman–Crippen LogP) is 3.65. The van der Waals surface area contributed by atoms with E-state index in [2.05, 4.69) is 9.62 Å². The molecule has 158 valence electrons. The van der Waals surface area contributed by atoms with Crippen molar-refractivity contribution in [2.24, 2.45) is 0 Å². The van der Waals surface area contributed by atoms with E-state index in [1.54, 1.807) is 43.5 Å². The molecule has 0 fully saturated rings. The highest BCUT2D eigenvalue weighted by Gasteiger charge is 2.29. The lowest BCUT2D eigenvalue weighted by Crippen LogP contribution is -2.38. The molecule has 1 heterocycles. The highest BCUT2D eigenvalue weighted by Crippen LogP contribution is 2.41. The molecule has 0 radical (unpaired) electrons. The lowest BCUT2D eigenvalue weighted by molar-refractivity contribution is 0.164. The Kier molecular flexibility index (Phi) is 5.29. The smallest absolute Gasteiger partial charge is 0.262 e. The molecular weight excluding hydrogens is 407 g/mol. The zero-order chi connectivity index (χ0) is 21.5. The Labute approximate surface area is 175 Å². The number of rotatable bonds is 5. The number of hydrogen-bond donors (Lipinski definition) is 1. The summed E-state index contributed by atoms with van der Waals surface area (Å²) in [5, 5.41) is 0.572. The van der Waals surface area contributed by atoms with Crippen molar-refractivity contribution < 1.29 is 22.3 Å². The molecular formula is C22H23FN2O4S. The summed E-state index contributed by atoms with van der Waals surface area (Å²) in [6, 6.07) is 12.4. The molecule has 6 nitrogen and oxygen atoms in total. The number of anilines is 1. The fourth-order valence-electron chi connectivity index (χ4n) is 3.71. The largest absolute Gasteiger partial charge is 0.496 e. The van der Waals surface area contributed by atoms with Crippen molar-refractivity contribution in [1.29, 1.82) is 0 Å². The highest BCUT2D eigenvalue weighted by atomic mass is 32.2. The van der Waals surface area contributed by atoms with E-state index in [1.165, 1.54) is 12.1 Å². The SMILES string of the molecule is COc1ccc(NS(=O)(=O)c2ccc(F)c3ccccc23)c2c1C[C@@H](N(C)C)CO2. The number of fused-ring (bicyclic) bond motifs is 2. The third kappa shape index (κ3) is 3.57. The van der Waals surface area contributed by atoms with Gasteiger partial charge in [-0.3, -0.25) is 4.72 Å². The van der Waals surface area contributed by atoms with E-state index in [4.69, 9.17) is 9.47 Å². The van der Waals surface area contributed by atoms with Gasteiger partial charge in [0.1, 0.15) is 23.9 Å². The minimum absolute atomic E-state index is 0.00560. The summed E-state index contributed by atoms with van der Waals surface area (Å²) < 4.78 is 54.6. The molecule has 0 aliphatic carbocycles. The number of nitrogens with zero attached hydrogens (tertiary/aromatic N) is 1. The fourth-order valence-corrected chi connectivity index (χ4v) is 4.99. The number of hydrogen-bond acceptors (Lipinski definition) is 5. The molecule has 0 unspecified atom stereocenters. The van der Waals surface area contributed by atoms with Gasteiger partial charge >= 0.3 is 0 Å². The molecule has 3 aromatic rings. The third-order valence-electron chi connectivity index (χ3n) is 5.39. The Balaban J connectivity index is 1.77. The molecule has 1 aliphatic rings. The molecule has 8 heteroatoms. The van der Waals surface area contributed by atoms with Crippen molar-refractivity contribution >= 4 is 26.5 Å². The lowest BCUT2D eigenvalue weighted by Gasteiger charge is -2.32. The number of nitrogens with one attached hydrogen (secondary N) is 1. The summed E-state index contributed by atoms with van der Waals surface area (Å²) in [5.74, 6) is 0.638. The average Bonchev–Trinajstić information content (AvgIpc) is 2.73. The van der Waals surface area contributed by atoms with E-state index in [-0.39, 0.29) is 16.3 Å². The average molecular weight is 431 g/mol. The quantitative estimate of drug-likeness (QED) is 0.669. The molecule has 3 aromatic carbocycles. The molecule has 1 aliphatic heterocycles. The number of halogens is 1. The molecule has 1 N–H and O–H groups in total. The van der Waals surface area contributed by atoms with Crippen LogP contribution < -0.4 is 14.2 Å². The van der Waals surface area contributed by atoms with Crippen molar-refractivity contribution in [2.75, 3.05) is 32.5 Å². The van der Waals surface area contributed by atoms with E-state index in [0.29, 0.717) is 35.6 Å². The van der Waals surface area contributed by atoms with Crippen molar-refractivity contribution in [3.05, 3.63) is 59.9 Å². The Morgan fingerprint density at radius 3 is 2.53 bits per heavy atom. The molecule has 0 amide bonds. The second kappa shape index (κ2) is 7.77. The third-order valence-corrected chi connectivity index (χ3v) is 6.82. The van der Waals surface area contributed by atoms with Gasteiger partial charge in [-0.2, -0.15) is 0 Å². The van der Waals surface area contributed by atoms with Gasteiger partial charge in [0.25, 0.3) is 10.0 Å². The molecule has 1 atom stereocenters. The normalized spacial score (nSPS) is 16.2. The number of sulfonamides is 1. The van der Waals surface area contributed by atoms with Crippen molar-refractivity contribution in [1.82, 2.24) is 4.90 Å². The topological polar surface area (TPSA) is 67.9 Å². The Morgan fingerprint density at radius 2 is 1.83 bits per heavy atom. The second-order valence-electron chi connectivity index (χ2n) is 7.45. The van der Waals surface area contributed by atoms with Crippen LogP contribution >= 0.6 is 0 Å². The monoisotopic (exact) mass is 430 g/mol. The Bertz CT molecular complexity index is 1210. The molecule has 0 saturated carbocycles. The Hall–Kier alpha value is -2.84. The maximum absolute atomic E-state index is 14.1. The van der Waals surface area contributed by atoms with Crippen molar-refractivity contribution in [3.8, 4) is 11.5 Å². The predicted molar refractivity (Wildman–Crippen MR) is 114 cm³/mol. The van der Waals surface area contributed by atoms with Crippen LogP contribution in [0, 0.1) is 5.82 Å². The van der Waals surface area contributed by atoms with E-state index < -0.39 is 15.8 Å². The summed E-state index contributed by atoms with van der Waals surface area (Å²) >= 11 is 0. The van der Waals surface area contributed by atoms with E-state index >= 15 is 0 Å². The first kappa shape index (κ1) is 20.4. The molecule has 0 bridgehead atoms. The fraction of sp³-hybridized carbons (Fsp3) is 0.273. The first-order valence-electron chi connectivity index (χ1n) is 9.51.